The number of carbonyl (C=O) groups is 1. The van der Waals surface area contributed by atoms with Gasteiger partial charge in [0.25, 0.3) is 0 Å². The summed E-state index contributed by atoms with van der Waals surface area (Å²) >= 11 is 0. The molecule has 3 nitrogen and oxygen atoms in total. The molecule has 2 rings (SSSR count). The van der Waals surface area contributed by atoms with Gasteiger partial charge in [0.15, 0.2) is 5.78 Å². The monoisotopic (exact) mass is 261 g/mol. The van der Waals surface area contributed by atoms with Gasteiger partial charge in [-0.15, -0.1) is 0 Å². The van der Waals surface area contributed by atoms with Crippen molar-refractivity contribution in [2.75, 3.05) is 6.54 Å². The number of benzene rings is 1. The zero-order chi connectivity index (χ0) is 13.8. The molecule has 0 bridgehead atoms. The van der Waals surface area contributed by atoms with Crippen LogP contribution in [0.15, 0.2) is 18.2 Å². The van der Waals surface area contributed by atoms with Crippen LogP contribution in [0.5, 0.6) is 0 Å². The average molecular weight is 261 g/mol. The molecule has 1 aromatic carbocycles. The summed E-state index contributed by atoms with van der Waals surface area (Å²) in [5.41, 5.74) is 3.42. The molecule has 0 saturated carbocycles. The fraction of sp³-hybridized carbons (Fsp3) is 0.562. The normalized spacial score (nSPS) is 16.2. The van der Waals surface area contributed by atoms with Gasteiger partial charge >= 0.3 is 0 Å². The summed E-state index contributed by atoms with van der Waals surface area (Å²) < 4.78 is 0. The van der Waals surface area contributed by atoms with Crippen molar-refractivity contribution >= 4 is 5.78 Å². The van der Waals surface area contributed by atoms with Crippen molar-refractivity contribution in [3.63, 3.8) is 0 Å². The lowest BCUT2D eigenvalue weighted by atomic mass is 9.90. The lowest BCUT2D eigenvalue weighted by Gasteiger charge is -2.21. The standard InChI is InChI=1S/C16H23NO2/c1-3-12(2)17(19)11-16(18)15-9-8-13-6-4-5-7-14(13)10-15/h8-10,12,19H,3-7,11H2,1-2H3. The number of aryl methyl sites for hydroxylation is 2. The number of hydrogen-bond acceptors (Lipinski definition) is 3. The lowest BCUT2D eigenvalue weighted by molar-refractivity contribution is -0.113. The minimum Gasteiger partial charge on any atom is -0.313 e. The molecule has 1 unspecified atom stereocenters. The smallest absolute Gasteiger partial charge is 0.179 e. The highest BCUT2D eigenvalue weighted by atomic mass is 16.5. The fourth-order valence-electron chi connectivity index (χ4n) is 2.51. The van der Waals surface area contributed by atoms with E-state index in [4.69, 9.17) is 0 Å². The van der Waals surface area contributed by atoms with Crippen LogP contribution >= 0.6 is 0 Å². The van der Waals surface area contributed by atoms with Crippen LogP contribution in [-0.4, -0.2) is 28.6 Å². The van der Waals surface area contributed by atoms with Crippen LogP contribution in [0.3, 0.4) is 0 Å². The van der Waals surface area contributed by atoms with E-state index in [1.54, 1.807) is 0 Å². The number of Topliss-reactive ketones (excluding diaryl/α,β-unsaturated/α-hetero) is 1. The molecule has 0 saturated heterocycles. The Hall–Kier alpha value is -1.19. The van der Waals surface area contributed by atoms with Gasteiger partial charge in [-0.2, -0.15) is 5.06 Å². The number of hydroxylamine groups is 2. The molecule has 0 heterocycles. The summed E-state index contributed by atoms with van der Waals surface area (Å²) in [7, 11) is 0. The minimum atomic E-state index is -0.00354. The van der Waals surface area contributed by atoms with Crippen LogP contribution < -0.4 is 0 Å². The zero-order valence-corrected chi connectivity index (χ0v) is 11.9. The van der Waals surface area contributed by atoms with Gasteiger partial charge in [0.1, 0.15) is 0 Å². The van der Waals surface area contributed by atoms with Crippen molar-refractivity contribution in [2.24, 2.45) is 0 Å². The van der Waals surface area contributed by atoms with E-state index in [9.17, 15) is 10.0 Å². The summed E-state index contributed by atoms with van der Waals surface area (Å²) in [6.07, 6.45) is 5.49. The molecule has 1 N–H and O–H groups in total. The Kier molecular flexibility index (Phi) is 4.72. The second-order valence-corrected chi connectivity index (χ2v) is 5.47. The van der Waals surface area contributed by atoms with Gasteiger partial charge in [0.05, 0.1) is 6.54 Å². The second kappa shape index (κ2) is 6.31. The maximum Gasteiger partial charge on any atom is 0.179 e. The van der Waals surface area contributed by atoms with Crippen LogP contribution in [0.2, 0.25) is 0 Å². The van der Waals surface area contributed by atoms with E-state index in [1.165, 1.54) is 24.0 Å². The Morgan fingerprint density at radius 1 is 1.32 bits per heavy atom. The molecular weight excluding hydrogens is 238 g/mol. The van der Waals surface area contributed by atoms with E-state index in [2.05, 4.69) is 6.07 Å². The van der Waals surface area contributed by atoms with Crippen LogP contribution in [0.4, 0.5) is 0 Å². The summed E-state index contributed by atoms with van der Waals surface area (Å²) in [5.74, 6) is -0.00354. The molecular formula is C16H23NO2. The average Bonchev–Trinajstić information content (AvgIpc) is 2.45. The maximum atomic E-state index is 12.2. The van der Waals surface area contributed by atoms with Gasteiger partial charge in [-0.3, -0.25) is 4.79 Å². The predicted molar refractivity (Wildman–Crippen MR) is 75.7 cm³/mol. The molecule has 3 heteroatoms. The Balaban J connectivity index is 2.07. The summed E-state index contributed by atoms with van der Waals surface area (Å²) in [6, 6.07) is 6.01. The van der Waals surface area contributed by atoms with Crippen molar-refractivity contribution in [3.8, 4) is 0 Å². The van der Waals surface area contributed by atoms with Crippen LogP contribution in [0, 0.1) is 0 Å². The van der Waals surface area contributed by atoms with Crippen LogP contribution in [-0.2, 0) is 12.8 Å². The molecule has 0 spiro atoms. The Morgan fingerprint density at radius 3 is 2.68 bits per heavy atom. The van der Waals surface area contributed by atoms with Crippen molar-refractivity contribution in [3.05, 3.63) is 34.9 Å². The quantitative estimate of drug-likeness (QED) is 0.653. The maximum absolute atomic E-state index is 12.2. The topological polar surface area (TPSA) is 40.5 Å². The Labute approximate surface area is 115 Å². The Bertz CT molecular complexity index is 456. The largest absolute Gasteiger partial charge is 0.313 e. The van der Waals surface area contributed by atoms with Crippen molar-refractivity contribution in [1.82, 2.24) is 5.06 Å². The number of rotatable bonds is 5. The number of nitrogens with zero attached hydrogens (tertiary/aromatic N) is 1. The van der Waals surface area contributed by atoms with Gasteiger partial charge in [-0.25, -0.2) is 0 Å². The summed E-state index contributed by atoms with van der Waals surface area (Å²) in [5, 5.41) is 10.9. The Morgan fingerprint density at radius 2 is 2.00 bits per heavy atom. The van der Waals surface area contributed by atoms with E-state index in [-0.39, 0.29) is 18.4 Å². The molecule has 1 aliphatic carbocycles. The second-order valence-electron chi connectivity index (χ2n) is 5.47. The number of fused-ring (bicyclic) bond motifs is 1. The molecule has 1 aromatic rings. The van der Waals surface area contributed by atoms with E-state index in [1.807, 2.05) is 26.0 Å². The fourth-order valence-corrected chi connectivity index (χ4v) is 2.51. The molecule has 0 radical (unpaired) electrons. The van der Waals surface area contributed by atoms with E-state index in [0.717, 1.165) is 29.9 Å². The molecule has 0 aliphatic heterocycles. The van der Waals surface area contributed by atoms with Gasteiger partial charge in [0.2, 0.25) is 0 Å². The first-order valence-corrected chi connectivity index (χ1v) is 7.22. The van der Waals surface area contributed by atoms with Crippen molar-refractivity contribution in [2.45, 2.75) is 52.0 Å². The molecule has 104 valence electrons. The van der Waals surface area contributed by atoms with Crippen molar-refractivity contribution < 1.29 is 10.0 Å². The summed E-state index contributed by atoms with van der Waals surface area (Å²) in [6.45, 7) is 3.99. The van der Waals surface area contributed by atoms with Crippen LogP contribution in [0.25, 0.3) is 0 Å². The lowest BCUT2D eigenvalue weighted by Crippen LogP contribution is -2.34. The SMILES string of the molecule is CCC(C)N(O)CC(=O)c1ccc2c(c1)CCCC2. The van der Waals surface area contributed by atoms with E-state index in [0.29, 0.717) is 0 Å². The van der Waals surface area contributed by atoms with Crippen LogP contribution in [0.1, 0.15) is 54.6 Å². The molecule has 0 amide bonds. The molecule has 1 atom stereocenters. The predicted octanol–water partition coefficient (Wildman–Crippen LogP) is 3.24. The highest BCUT2D eigenvalue weighted by molar-refractivity contribution is 5.97. The first-order valence-electron chi connectivity index (χ1n) is 7.22. The third-order valence-corrected chi connectivity index (χ3v) is 4.08. The first-order chi connectivity index (χ1) is 9.11. The molecule has 0 aromatic heterocycles. The number of carbonyl (C=O) groups excluding carboxylic acids is 1. The van der Waals surface area contributed by atoms with Crippen molar-refractivity contribution in [1.29, 1.82) is 0 Å². The third kappa shape index (κ3) is 3.43. The highest BCUT2D eigenvalue weighted by Gasteiger charge is 2.17. The van der Waals surface area contributed by atoms with Gasteiger partial charge in [-0.05, 0) is 56.2 Å². The zero-order valence-electron chi connectivity index (χ0n) is 11.9. The number of hydrogen-bond donors (Lipinski definition) is 1. The van der Waals surface area contributed by atoms with Gasteiger partial charge in [-0.1, -0.05) is 19.1 Å². The highest BCUT2D eigenvalue weighted by Crippen LogP contribution is 2.22. The van der Waals surface area contributed by atoms with E-state index < -0.39 is 0 Å². The number of ketones is 1. The third-order valence-electron chi connectivity index (χ3n) is 4.08. The van der Waals surface area contributed by atoms with E-state index >= 15 is 0 Å². The first kappa shape index (κ1) is 14.2. The molecule has 1 aliphatic rings. The molecule has 19 heavy (non-hydrogen) atoms. The van der Waals surface area contributed by atoms with Gasteiger partial charge < -0.3 is 5.21 Å². The van der Waals surface area contributed by atoms with Gasteiger partial charge in [0, 0.05) is 11.6 Å². The molecule has 0 fully saturated rings. The summed E-state index contributed by atoms with van der Waals surface area (Å²) in [4.78, 5) is 12.2. The minimum absolute atomic E-state index is 0.00354.